The number of fused-ring (bicyclic) bond motifs is 1. The number of likely N-dealkylation sites (tertiary alicyclic amines) is 1. The minimum Gasteiger partial charge on any atom is -0.338 e. The van der Waals surface area contributed by atoms with Gasteiger partial charge in [0.15, 0.2) is 0 Å². The third-order valence-corrected chi connectivity index (χ3v) is 5.23. The standard InChI is InChI=1S/C18H24N6O2/c25-17(14-24-16-7-3-2-6-15(16)19-20-24)21-10-12-23(13-11-21)18(26)22-8-4-1-5-9-22/h2-3,6-7H,1,4-5,8-14H2. The zero-order valence-corrected chi connectivity index (χ0v) is 14.9. The molecule has 3 amide bonds. The molecule has 2 fully saturated rings. The molecule has 2 aliphatic rings. The molecule has 2 aromatic rings. The number of para-hydroxylation sites is 1. The molecule has 3 heterocycles. The average molecular weight is 356 g/mol. The van der Waals surface area contributed by atoms with Gasteiger partial charge in [-0.3, -0.25) is 4.79 Å². The van der Waals surface area contributed by atoms with Crippen LogP contribution in [0, 0.1) is 0 Å². The van der Waals surface area contributed by atoms with Crippen LogP contribution in [0.15, 0.2) is 24.3 Å². The van der Waals surface area contributed by atoms with Gasteiger partial charge in [-0.05, 0) is 31.4 Å². The van der Waals surface area contributed by atoms with E-state index in [1.807, 2.05) is 39.0 Å². The highest BCUT2D eigenvalue weighted by molar-refractivity contribution is 5.80. The number of carbonyl (C=O) groups excluding carboxylic acids is 2. The van der Waals surface area contributed by atoms with Gasteiger partial charge in [0.05, 0.1) is 5.52 Å². The van der Waals surface area contributed by atoms with Gasteiger partial charge in [0.2, 0.25) is 5.91 Å². The molecule has 8 heteroatoms. The molecule has 1 aromatic carbocycles. The number of rotatable bonds is 2. The molecular formula is C18H24N6O2. The van der Waals surface area contributed by atoms with Crippen LogP contribution in [0.2, 0.25) is 0 Å². The van der Waals surface area contributed by atoms with Gasteiger partial charge >= 0.3 is 6.03 Å². The number of urea groups is 1. The maximum atomic E-state index is 12.6. The van der Waals surface area contributed by atoms with Crippen LogP contribution in [0.1, 0.15) is 19.3 Å². The molecule has 8 nitrogen and oxygen atoms in total. The molecule has 0 atom stereocenters. The summed E-state index contributed by atoms with van der Waals surface area (Å²) in [6.07, 6.45) is 3.40. The lowest BCUT2D eigenvalue weighted by molar-refractivity contribution is -0.133. The van der Waals surface area contributed by atoms with Crippen molar-refractivity contribution in [2.24, 2.45) is 0 Å². The van der Waals surface area contributed by atoms with Crippen LogP contribution in [-0.2, 0) is 11.3 Å². The van der Waals surface area contributed by atoms with Crippen molar-refractivity contribution < 1.29 is 9.59 Å². The van der Waals surface area contributed by atoms with Crippen molar-refractivity contribution in [2.45, 2.75) is 25.8 Å². The van der Waals surface area contributed by atoms with E-state index < -0.39 is 0 Å². The largest absolute Gasteiger partial charge is 0.338 e. The van der Waals surface area contributed by atoms with Gasteiger partial charge in [0.25, 0.3) is 0 Å². The highest BCUT2D eigenvalue weighted by Crippen LogP contribution is 2.14. The molecule has 2 aliphatic heterocycles. The van der Waals surface area contributed by atoms with Crippen LogP contribution < -0.4 is 0 Å². The van der Waals surface area contributed by atoms with Crippen LogP contribution in [0.5, 0.6) is 0 Å². The smallest absolute Gasteiger partial charge is 0.320 e. The number of hydrogen-bond donors (Lipinski definition) is 0. The summed E-state index contributed by atoms with van der Waals surface area (Å²) in [5, 5.41) is 8.17. The normalized spacial score (nSPS) is 18.4. The molecular weight excluding hydrogens is 332 g/mol. The summed E-state index contributed by atoms with van der Waals surface area (Å²) in [4.78, 5) is 30.8. The van der Waals surface area contributed by atoms with E-state index in [2.05, 4.69) is 10.3 Å². The van der Waals surface area contributed by atoms with Gasteiger partial charge in [-0.25, -0.2) is 9.48 Å². The molecule has 0 saturated carbocycles. The van der Waals surface area contributed by atoms with Crippen molar-refractivity contribution >= 4 is 23.0 Å². The molecule has 4 rings (SSSR count). The average Bonchev–Trinajstić information content (AvgIpc) is 3.11. The summed E-state index contributed by atoms with van der Waals surface area (Å²) in [5.41, 5.74) is 1.65. The van der Waals surface area contributed by atoms with Crippen molar-refractivity contribution in [3.05, 3.63) is 24.3 Å². The Bertz CT molecular complexity index is 790. The van der Waals surface area contributed by atoms with Crippen molar-refractivity contribution in [1.29, 1.82) is 0 Å². The van der Waals surface area contributed by atoms with E-state index in [4.69, 9.17) is 0 Å². The number of aromatic nitrogens is 3. The van der Waals surface area contributed by atoms with Crippen LogP contribution in [0.25, 0.3) is 11.0 Å². The maximum absolute atomic E-state index is 12.6. The zero-order valence-electron chi connectivity index (χ0n) is 14.9. The quantitative estimate of drug-likeness (QED) is 0.810. The molecule has 0 aliphatic carbocycles. The van der Waals surface area contributed by atoms with E-state index in [0.29, 0.717) is 26.2 Å². The van der Waals surface area contributed by atoms with Gasteiger partial charge in [0.1, 0.15) is 12.1 Å². The zero-order chi connectivity index (χ0) is 17.9. The lowest BCUT2D eigenvalue weighted by Crippen LogP contribution is -2.55. The summed E-state index contributed by atoms with van der Waals surface area (Å²) in [6.45, 7) is 4.24. The summed E-state index contributed by atoms with van der Waals surface area (Å²) in [7, 11) is 0. The molecule has 26 heavy (non-hydrogen) atoms. The Morgan fingerprint density at radius 2 is 1.50 bits per heavy atom. The number of carbonyl (C=O) groups is 2. The molecule has 0 spiro atoms. The van der Waals surface area contributed by atoms with Gasteiger partial charge in [-0.1, -0.05) is 17.3 Å². The molecule has 1 aromatic heterocycles. The SMILES string of the molecule is O=C(Cn1nnc2ccccc21)N1CCN(C(=O)N2CCCCC2)CC1. The lowest BCUT2D eigenvalue weighted by Gasteiger charge is -2.38. The third-order valence-electron chi connectivity index (χ3n) is 5.23. The minimum atomic E-state index is 0.0192. The highest BCUT2D eigenvalue weighted by Gasteiger charge is 2.28. The first-order chi connectivity index (χ1) is 12.7. The first-order valence-electron chi connectivity index (χ1n) is 9.32. The van der Waals surface area contributed by atoms with Gasteiger partial charge in [0, 0.05) is 39.3 Å². The van der Waals surface area contributed by atoms with Gasteiger partial charge in [-0.2, -0.15) is 0 Å². The minimum absolute atomic E-state index is 0.0192. The Labute approximate surface area is 152 Å². The monoisotopic (exact) mass is 356 g/mol. The fourth-order valence-electron chi connectivity index (χ4n) is 3.69. The first-order valence-corrected chi connectivity index (χ1v) is 9.32. The fourth-order valence-corrected chi connectivity index (χ4v) is 3.69. The predicted molar refractivity (Wildman–Crippen MR) is 96.5 cm³/mol. The van der Waals surface area contributed by atoms with Crippen molar-refractivity contribution in [3.63, 3.8) is 0 Å². The number of nitrogens with zero attached hydrogens (tertiary/aromatic N) is 6. The Morgan fingerprint density at radius 3 is 2.27 bits per heavy atom. The molecule has 0 bridgehead atoms. The van der Waals surface area contributed by atoms with Crippen molar-refractivity contribution in [2.75, 3.05) is 39.3 Å². The second kappa shape index (κ2) is 7.31. The highest BCUT2D eigenvalue weighted by atomic mass is 16.2. The Hall–Kier alpha value is -2.64. The van der Waals surface area contributed by atoms with Gasteiger partial charge in [-0.15, -0.1) is 5.10 Å². The Morgan fingerprint density at radius 1 is 0.846 bits per heavy atom. The summed E-state index contributed by atoms with van der Waals surface area (Å²) < 4.78 is 1.64. The van der Waals surface area contributed by atoms with E-state index in [1.165, 1.54) is 6.42 Å². The van der Waals surface area contributed by atoms with Gasteiger partial charge < -0.3 is 14.7 Å². The molecule has 0 N–H and O–H groups in total. The van der Waals surface area contributed by atoms with Crippen LogP contribution in [0.3, 0.4) is 0 Å². The second-order valence-corrected chi connectivity index (χ2v) is 6.93. The number of benzene rings is 1. The molecule has 0 radical (unpaired) electrons. The predicted octanol–water partition coefficient (Wildman–Crippen LogP) is 1.18. The maximum Gasteiger partial charge on any atom is 0.320 e. The summed E-state index contributed by atoms with van der Waals surface area (Å²) in [6, 6.07) is 7.74. The molecule has 138 valence electrons. The van der Waals surface area contributed by atoms with Crippen LogP contribution in [-0.4, -0.2) is 80.9 Å². The van der Waals surface area contributed by atoms with E-state index in [-0.39, 0.29) is 18.5 Å². The van der Waals surface area contributed by atoms with E-state index in [0.717, 1.165) is 37.0 Å². The van der Waals surface area contributed by atoms with E-state index >= 15 is 0 Å². The topological polar surface area (TPSA) is 74.6 Å². The fraction of sp³-hybridized carbons (Fsp3) is 0.556. The number of piperidine rings is 1. The number of hydrogen-bond acceptors (Lipinski definition) is 4. The van der Waals surface area contributed by atoms with Crippen molar-refractivity contribution in [3.8, 4) is 0 Å². The number of piperazine rings is 1. The summed E-state index contributed by atoms with van der Waals surface area (Å²) >= 11 is 0. The first kappa shape index (κ1) is 16.8. The van der Waals surface area contributed by atoms with Crippen LogP contribution in [0.4, 0.5) is 4.79 Å². The Kier molecular flexibility index (Phi) is 4.73. The third kappa shape index (κ3) is 3.36. The Balaban J connectivity index is 1.32. The van der Waals surface area contributed by atoms with E-state index in [9.17, 15) is 9.59 Å². The molecule has 0 unspecified atom stereocenters. The lowest BCUT2D eigenvalue weighted by atomic mass is 10.1. The van der Waals surface area contributed by atoms with Crippen LogP contribution >= 0.6 is 0 Å². The van der Waals surface area contributed by atoms with E-state index in [1.54, 1.807) is 4.68 Å². The van der Waals surface area contributed by atoms with Crippen molar-refractivity contribution in [1.82, 2.24) is 29.7 Å². The number of amides is 3. The second-order valence-electron chi connectivity index (χ2n) is 6.93. The summed E-state index contributed by atoms with van der Waals surface area (Å²) in [5.74, 6) is 0.0192. The molecule has 2 saturated heterocycles.